The number of aliphatic hydroxyl groups excluding tert-OH is 5. The number of aryl methyl sites for hydroxylation is 1. The number of likely N-dealkylation sites (tertiary alicyclic amines) is 1. The molecule has 0 radical (unpaired) electrons. The minimum absolute atomic E-state index is 0.00926. The lowest BCUT2D eigenvalue weighted by atomic mass is 10.00. The van der Waals surface area contributed by atoms with Crippen LogP contribution >= 0.6 is 0 Å². The van der Waals surface area contributed by atoms with Gasteiger partial charge in [0.2, 0.25) is 0 Å². The quantitative estimate of drug-likeness (QED) is 0.0410. The number of likely N-dealkylation sites (N-methyl/N-ethyl adjacent to an activating group) is 1. The third kappa shape index (κ3) is 141. The van der Waals surface area contributed by atoms with Crippen molar-refractivity contribution >= 4 is 0 Å². The Labute approximate surface area is 629 Å². The predicted molar refractivity (Wildman–Crippen MR) is 440 cm³/mol. The summed E-state index contributed by atoms with van der Waals surface area (Å²) in [6.07, 6.45) is 32.6. The smallest absolute Gasteiger partial charge is 0.0945 e. The number of unbranched alkanes of at least 4 members (excludes halogenated alkanes) is 9. The van der Waals surface area contributed by atoms with Crippen LogP contribution in [0.1, 0.15) is 182 Å². The fraction of sp³-hybridized carbons (Fsp3) is 0.959. The number of morpholine rings is 2. The Morgan fingerprint density at radius 3 is 1.15 bits per heavy atom. The van der Waals surface area contributed by atoms with E-state index in [0.29, 0.717) is 39.5 Å². The number of nitrogens with zero attached hydrogens (tertiary/aromatic N) is 7. The van der Waals surface area contributed by atoms with Crippen molar-refractivity contribution in [3.05, 3.63) is 18.7 Å². The summed E-state index contributed by atoms with van der Waals surface area (Å²) in [5.74, 6) is 0.782. The van der Waals surface area contributed by atoms with Crippen molar-refractivity contribution in [2.45, 2.75) is 195 Å². The zero-order valence-electron chi connectivity index (χ0n) is 68.3. The van der Waals surface area contributed by atoms with Gasteiger partial charge in [0.05, 0.1) is 65.8 Å². The summed E-state index contributed by atoms with van der Waals surface area (Å²) in [5.41, 5.74) is 73.3. The highest BCUT2D eigenvalue weighted by Gasteiger charge is 2.10. The molecule has 2 atom stereocenters. The monoisotopic (exact) mass is 1480 g/mol. The molecule has 0 spiro atoms. The number of hydrogen-bond acceptors (Lipinski definition) is 28. The number of aromatic nitrogens is 2. The first-order valence-electron chi connectivity index (χ1n) is 39.5. The van der Waals surface area contributed by atoms with E-state index in [2.05, 4.69) is 71.3 Å². The fourth-order valence-corrected chi connectivity index (χ4v) is 7.87. The van der Waals surface area contributed by atoms with Crippen molar-refractivity contribution in [1.29, 1.82) is 0 Å². The number of aliphatic hydroxyl groups is 5. The largest absolute Gasteiger partial charge is 0.396 e. The Morgan fingerprint density at radius 1 is 0.412 bits per heavy atom. The molecule has 628 valence electrons. The lowest BCUT2D eigenvalue weighted by Gasteiger charge is -2.26. The van der Waals surface area contributed by atoms with Gasteiger partial charge in [0, 0.05) is 117 Å². The molecule has 4 rings (SSSR count). The molecule has 4 heterocycles. The van der Waals surface area contributed by atoms with Gasteiger partial charge >= 0.3 is 0 Å². The van der Waals surface area contributed by atoms with E-state index >= 15 is 0 Å². The summed E-state index contributed by atoms with van der Waals surface area (Å²) < 4.78 is 17.1. The van der Waals surface area contributed by atoms with Gasteiger partial charge in [0.25, 0.3) is 0 Å². The standard InChI is InChI=1S/C8H19N.C7H16N2O.C7H16N2.C6H11N3.C6H14N2O.C6H15NO.C6H15N.C5H14N2.C4H12N2.C4H11NO2.2C4H11NO.C4H11N.C2H7NO/c1-3-5-6-8(4-2)7-9;8-2-1-3-9-4-6-10-7-5-9;8-4-7-9-5-2-1-3-6-9;7-2-1-4-9-5-3-8-6-9;7-1-2-8-3-5-9-6-4-8;7-5-3-1-2-4-6-8;1-2-3-4-5-6-7;1-7(2)5-3-4-6;1-6(2)4-3-5;5-1-3-7-4-2-6;1-2-4(5)3-6;5-3-1-2-4-6;1-2-3-4-5;3-1-2-4/h8H,3-7,9H2,1-2H3;1-8H2;1-8H2;3,5-6H,1-2,4,7H2;1-7H2;8H,1-7H2;2-7H2,1H3;3-6H2,1-2H3;3-5H2,1-2H3;6H,1-5H2;4,6H,2-3,5H2,1H3;6H,1-5H2;2-5H2,1H3;4H,1-3H2. The molecule has 3 saturated heterocycles. The van der Waals surface area contributed by atoms with Crippen molar-refractivity contribution < 1.29 is 39.7 Å². The Morgan fingerprint density at radius 2 is 0.843 bits per heavy atom. The maximum absolute atomic E-state index is 8.33. The molecule has 33 N–H and O–H groups in total. The zero-order chi connectivity index (χ0) is 79.3. The van der Waals surface area contributed by atoms with Crippen LogP contribution in [-0.4, -0.2) is 324 Å². The summed E-state index contributed by atoms with van der Waals surface area (Å²) in [7, 11) is 8.12. The summed E-state index contributed by atoms with van der Waals surface area (Å²) in [6.45, 7) is 38.9. The SMILES string of the molecule is CCC(N)CO.CCCCC(CC)CN.CCCCCCN.CCCCN.CN(C)CCCN.CN(C)CCN.NCCCCCCO.NCCCCO.NCCCN1CCOCC1.NCCCn1ccnc1.NCCN1CCCCC1.NCCN1CCOCC1.NCCO.NCCOCCO. The first-order valence-corrected chi connectivity index (χ1v) is 39.5. The maximum Gasteiger partial charge on any atom is 0.0945 e. The van der Waals surface area contributed by atoms with E-state index in [0.717, 1.165) is 227 Å². The molecule has 102 heavy (non-hydrogen) atoms. The van der Waals surface area contributed by atoms with Crippen LogP contribution in [0.3, 0.4) is 0 Å². The van der Waals surface area contributed by atoms with Crippen LogP contribution in [0.4, 0.5) is 0 Å². The number of imidazole rings is 1. The fourth-order valence-electron chi connectivity index (χ4n) is 7.87. The summed E-state index contributed by atoms with van der Waals surface area (Å²) in [4.78, 5) is 15.3. The number of rotatable bonds is 41. The normalized spacial score (nSPS) is 13.5. The van der Waals surface area contributed by atoms with Gasteiger partial charge < -0.3 is 139 Å². The molecule has 3 fully saturated rings. The molecule has 0 aliphatic carbocycles. The summed E-state index contributed by atoms with van der Waals surface area (Å²) in [6, 6.07) is -0.00926. The highest BCUT2D eigenvalue weighted by molar-refractivity contribution is 4.73. The second kappa shape index (κ2) is 123. The third-order valence-corrected chi connectivity index (χ3v) is 14.4. The molecule has 2 unspecified atom stereocenters. The van der Waals surface area contributed by atoms with E-state index < -0.39 is 0 Å². The van der Waals surface area contributed by atoms with Gasteiger partial charge in [-0.2, -0.15) is 0 Å². The molecule has 1 aromatic rings. The van der Waals surface area contributed by atoms with E-state index in [-0.39, 0.29) is 32.5 Å². The first-order chi connectivity index (χ1) is 49.4. The first kappa shape index (κ1) is 121. The molecule has 29 nitrogen and oxygen atoms in total. The van der Waals surface area contributed by atoms with Gasteiger partial charge in [-0.25, -0.2) is 4.98 Å². The lowest BCUT2D eigenvalue weighted by molar-refractivity contribution is 0.0377. The van der Waals surface area contributed by atoms with Crippen molar-refractivity contribution in [2.75, 3.05) is 258 Å². The number of hydrogen-bond donors (Lipinski definition) is 19. The molecule has 29 heteroatoms. The zero-order valence-corrected chi connectivity index (χ0v) is 68.3. The molecule has 3 aliphatic rings. The average molecular weight is 1480 g/mol. The minimum Gasteiger partial charge on any atom is -0.396 e. The van der Waals surface area contributed by atoms with Gasteiger partial charge in [-0.3, -0.25) is 9.80 Å². The Bertz CT molecular complexity index is 1310. The molecule has 3 aliphatic heterocycles. The second-order valence-electron chi connectivity index (χ2n) is 24.8. The van der Waals surface area contributed by atoms with E-state index in [1.807, 2.05) is 31.8 Å². The third-order valence-electron chi connectivity index (χ3n) is 14.4. The van der Waals surface area contributed by atoms with Gasteiger partial charge in [0.1, 0.15) is 0 Å². The summed E-state index contributed by atoms with van der Waals surface area (Å²) >= 11 is 0. The number of nitrogens with two attached hydrogens (primary N) is 14. The topological polar surface area (TPSA) is 527 Å². The van der Waals surface area contributed by atoms with Crippen LogP contribution in [0.25, 0.3) is 0 Å². The van der Waals surface area contributed by atoms with Crippen LogP contribution in [-0.2, 0) is 20.8 Å². The average Bonchev–Trinajstić information content (AvgIpc) is 1.24. The Kier molecular flexibility index (Phi) is 146. The molecular weight excluding hydrogens is 1300 g/mol. The highest BCUT2D eigenvalue weighted by Crippen LogP contribution is 2.10. The lowest BCUT2D eigenvalue weighted by Crippen LogP contribution is -2.39. The van der Waals surface area contributed by atoms with E-state index in [1.54, 1.807) is 12.5 Å². The minimum atomic E-state index is -0.00926. The Hall–Kier alpha value is -1.87. The highest BCUT2D eigenvalue weighted by atomic mass is 16.5. The van der Waals surface area contributed by atoms with Crippen LogP contribution in [0, 0.1) is 5.92 Å². The maximum atomic E-state index is 8.33. The second-order valence-corrected chi connectivity index (χ2v) is 24.8. The number of ether oxygens (including phenoxy) is 3. The van der Waals surface area contributed by atoms with Gasteiger partial charge in [0.15, 0.2) is 0 Å². The van der Waals surface area contributed by atoms with Crippen molar-refractivity contribution in [3.63, 3.8) is 0 Å². The van der Waals surface area contributed by atoms with Crippen LogP contribution in [0.2, 0.25) is 0 Å². The van der Waals surface area contributed by atoms with Crippen molar-refractivity contribution in [3.8, 4) is 0 Å². The molecule has 0 amide bonds. The van der Waals surface area contributed by atoms with Gasteiger partial charge in [-0.1, -0.05) is 98.8 Å². The molecule has 0 bridgehead atoms. The predicted octanol–water partition coefficient (Wildman–Crippen LogP) is 1.27. The van der Waals surface area contributed by atoms with Crippen LogP contribution in [0.15, 0.2) is 18.7 Å². The Balaban J connectivity index is -0.000000112. The van der Waals surface area contributed by atoms with Crippen molar-refractivity contribution in [2.24, 2.45) is 86.2 Å². The molecule has 1 aromatic heterocycles. The summed E-state index contributed by atoms with van der Waals surface area (Å²) in [5, 5.41) is 40.6. The van der Waals surface area contributed by atoms with E-state index in [9.17, 15) is 0 Å². The molecule has 0 saturated carbocycles. The van der Waals surface area contributed by atoms with Crippen LogP contribution < -0.4 is 80.3 Å². The van der Waals surface area contributed by atoms with Crippen LogP contribution in [0.5, 0.6) is 0 Å². The van der Waals surface area contributed by atoms with Crippen molar-refractivity contribution in [1.82, 2.24) is 34.1 Å². The van der Waals surface area contributed by atoms with Gasteiger partial charge in [-0.15, -0.1) is 0 Å². The van der Waals surface area contributed by atoms with E-state index in [4.69, 9.17) is 120 Å². The number of piperidine rings is 1. The van der Waals surface area contributed by atoms with E-state index in [1.165, 1.54) is 96.6 Å². The molecule has 0 aromatic carbocycles. The molecular formula is C73H183N21O8. The van der Waals surface area contributed by atoms with Gasteiger partial charge in [-0.05, 0) is 196 Å².